The van der Waals surface area contributed by atoms with Crippen LogP contribution in [0.3, 0.4) is 0 Å². The Labute approximate surface area is 167 Å². The number of benzene rings is 3. The topological polar surface area (TPSA) is 64.6 Å². The minimum absolute atomic E-state index is 0.0149. The van der Waals surface area contributed by atoms with Crippen molar-refractivity contribution in [2.75, 3.05) is 11.8 Å². The van der Waals surface area contributed by atoms with Crippen molar-refractivity contribution in [1.29, 1.82) is 0 Å². The predicted molar refractivity (Wildman–Crippen MR) is 107 cm³/mol. The molecule has 0 amide bonds. The van der Waals surface area contributed by atoms with E-state index in [1.807, 2.05) is 18.2 Å². The first-order valence-corrected chi connectivity index (χ1v) is 10.0. The van der Waals surface area contributed by atoms with Gasteiger partial charge in [-0.3, -0.25) is 4.72 Å². The SMILES string of the molecule is COc1ccc(S(=O)(=O)Nc2cc(Cl)ccc2Oc2ccccc2)cc1Cl. The molecule has 1 N–H and O–H groups in total. The molecule has 0 unspecified atom stereocenters. The summed E-state index contributed by atoms with van der Waals surface area (Å²) in [6.45, 7) is 0. The summed E-state index contributed by atoms with van der Waals surface area (Å²) in [5.41, 5.74) is 0.207. The van der Waals surface area contributed by atoms with Gasteiger partial charge in [0.05, 0.1) is 22.7 Å². The Hall–Kier alpha value is -2.41. The van der Waals surface area contributed by atoms with Crippen LogP contribution in [0.1, 0.15) is 0 Å². The van der Waals surface area contributed by atoms with E-state index in [0.29, 0.717) is 22.3 Å². The van der Waals surface area contributed by atoms with E-state index in [-0.39, 0.29) is 15.6 Å². The summed E-state index contributed by atoms with van der Waals surface area (Å²) in [6.07, 6.45) is 0. The van der Waals surface area contributed by atoms with E-state index in [0.717, 1.165) is 0 Å². The van der Waals surface area contributed by atoms with Crippen LogP contribution < -0.4 is 14.2 Å². The minimum atomic E-state index is -3.92. The maximum Gasteiger partial charge on any atom is 0.262 e. The second kappa shape index (κ2) is 8.08. The average Bonchev–Trinajstić information content (AvgIpc) is 2.64. The Morgan fingerprint density at radius 2 is 1.59 bits per heavy atom. The standard InChI is InChI=1S/C19H15Cl2NO4S/c1-25-18-10-8-15(12-16(18)21)27(23,24)22-17-11-13(20)7-9-19(17)26-14-5-3-2-4-6-14/h2-12,22H,1H3. The van der Waals surface area contributed by atoms with Gasteiger partial charge in [-0.2, -0.15) is 0 Å². The lowest BCUT2D eigenvalue weighted by molar-refractivity contribution is 0.414. The van der Waals surface area contributed by atoms with Crippen LogP contribution in [0.5, 0.6) is 17.2 Å². The van der Waals surface area contributed by atoms with Crippen LogP contribution >= 0.6 is 23.2 Å². The summed E-state index contributed by atoms with van der Waals surface area (Å²) in [4.78, 5) is -0.0149. The van der Waals surface area contributed by atoms with Gasteiger partial charge in [0.25, 0.3) is 10.0 Å². The summed E-state index contributed by atoms with van der Waals surface area (Å²) < 4.78 is 38.8. The summed E-state index contributed by atoms with van der Waals surface area (Å²) in [5, 5.41) is 0.549. The van der Waals surface area contributed by atoms with Gasteiger partial charge in [-0.1, -0.05) is 41.4 Å². The molecule has 3 rings (SSSR count). The van der Waals surface area contributed by atoms with Crippen LogP contribution in [0.15, 0.2) is 71.6 Å². The molecule has 140 valence electrons. The highest BCUT2D eigenvalue weighted by Crippen LogP contribution is 2.34. The smallest absolute Gasteiger partial charge is 0.262 e. The lowest BCUT2D eigenvalue weighted by Gasteiger charge is -2.14. The van der Waals surface area contributed by atoms with E-state index < -0.39 is 10.0 Å². The predicted octanol–water partition coefficient (Wildman–Crippen LogP) is 5.60. The molecule has 0 aliphatic heterocycles. The lowest BCUT2D eigenvalue weighted by Crippen LogP contribution is -2.13. The van der Waals surface area contributed by atoms with Crippen molar-refractivity contribution in [1.82, 2.24) is 0 Å². The van der Waals surface area contributed by atoms with Crippen molar-refractivity contribution in [3.05, 3.63) is 76.8 Å². The molecule has 0 bridgehead atoms. The van der Waals surface area contributed by atoms with Crippen molar-refractivity contribution < 1.29 is 17.9 Å². The van der Waals surface area contributed by atoms with Crippen molar-refractivity contribution in [3.8, 4) is 17.2 Å². The van der Waals surface area contributed by atoms with E-state index in [1.54, 1.807) is 24.3 Å². The molecule has 0 aromatic heterocycles. The lowest BCUT2D eigenvalue weighted by atomic mass is 10.3. The Bertz CT molecular complexity index is 1060. The number of ether oxygens (including phenoxy) is 2. The first-order chi connectivity index (χ1) is 12.9. The van der Waals surface area contributed by atoms with Crippen LogP contribution in [0.2, 0.25) is 10.0 Å². The van der Waals surface area contributed by atoms with Crippen LogP contribution in [0, 0.1) is 0 Å². The van der Waals surface area contributed by atoms with Gasteiger partial charge in [-0.05, 0) is 48.5 Å². The summed E-state index contributed by atoms with van der Waals surface area (Å²) in [7, 11) is -2.47. The summed E-state index contributed by atoms with van der Waals surface area (Å²) in [6, 6.07) is 17.9. The van der Waals surface area contributed by atoms with E-state index >= 15 is 0 Å². The number of anilines is 1. The molecule has 3 aromatic rings. The number of hydrogen-bond acceptors (Lipinski definition) is 4. The third-order valence-electron chi connectivity index (χ3n) is 3.59. The second-order valence-corrected chi connectivity index (χ2v) is 7.98. The third-order valence-corrected chi connectivity index (χ3v) is 5.48. The molecule has 0 aliphatic carbocycles. The molecule has 0 spiro atoms. The monoisotopic (exact) mass is 423 g/mol. The molecule has 27 heavy (non-hydrogen) atoms. The second-order valence-electron chi connectivity index (χ2n) is 5.46. The molecule has 0 radical (unpaired) electrons. The third kappa shape index (κ3) is 4.66. The van der Waals surface area contributed by atoms with Gasteiger partial charge in [0.2, 0.25) is 0 Å². The fourth-order valence-electron chi connectivity index (χ4n) is 2.30. The molecule has 0 saturated carbocycles. The van der Waals surface area contributed by atoms with Crippen molar-refractivity contribution >= 4 is 38.9 Å². The minimum Gasteiger partial charge on any atom is -0.495 e. The van der Waals surface area contributed by atoms with Gasteiger partial charge in [0.15, 0.2) is 5.75 Å². The molecular formula is C19H15Cl2NO4S. The van der Waals surface area contributed by atoms with Crippen LogP contribution in [-0.4, -0.2) is 15.5 Å². The molecule has 3 aromatic carbocycles. The number of halogens is 2. The maximum atomic E-state index is 12.8. The number of para-hydroxylation sites is 1. The summed E-state index contributed by atoms with van der Waals surface area (Å²) in [5.74, 6) is 1.26. The molecule has 0 saturated heterocycles. The molecule has 8 heteroatoms. The van der Waals surface area contributed by atoms with Gasteiger partial charge in [0, 0.05) is 5.02 Å². The molecule has 0 heterocycles. The largest absolute Gasteiger partial charge is 0.495 e. The Morgan fingerprint density at radius 3 is 2.26 bits per heavy atom. The number of nitrogens with one attached hydrogen (secondary N) is 1. The quantitative estimate of drug-likeness (QED) is 0.560. The number of hydrogen-bond donors (Lipinski definition) is 1. The zero-order valence-electron chi connectivity index (χ0n) is 14.1. The van der Waals surface area contributed by atoms with Gasteiger partial charge in [0.1, 0.15) is 11.5 Å². The highest BCUT2D eigenvalue weighted by atomic mass is 35.5. The van der Waals surface area contributed by atoms with Crippen molar-refractivity contribution in [3.63, 3.8) is 0 Å². The Morgan fingerprint density at radius 1 is 0.889 bits per heavy atom. The van der Waals surface area contributed by atoms with E-state index in [9.17, 15) is 8.42 Å². The number of methoxy groups -OCH3 is 1. The highest BCUT2D eigenvalue weighted by Gasteiger charge is 2.19. The van der Waals surface area contributed by atoms with E-state index in [2.05, 4.69) is 4.72 Å². The summed E-state index contributed by atoms with van der Waals surface area (Å²) >= 11 is 12.1. The molecular weight excluding hydrogens is 409 g/mol. The first-order valence-electron chi connectivity index (χ1n) is 7.78. The number of rotatable bonds is 6. The van der Waals surface area contributed by atoms with Crippen molar-refractivity contribution in [2.45, 2.75) is 4.90 Å². The zero-order chi connectivity index (χ0) is 19.4. The molecule has 0 aliphatic rings. The Kier molecular flexibility index (Phi) is 5.79. The van der Waals surface area contributed by atoms with Gasteiger partial charge in [-0.15, -0.1) is 0 Å². The maximum absolute atomic E-state index is 12.8. The van der Waals surface area contributed by atoms with Crippen molar-refractivity contribution in [2.24, 2.45) is 0 Å². The Balaban J connectivity index is 1.94. The molecule has 5 nitrogen and oxygen atoms in total. The first kappa shape index (κ1) is 19.4. The van der Waals surface area contributed by atoms with Crippen LogP contribution in [0.4, 0.5) is 5.69 Å². The molecule has 0 fully saturated rings. The van der Waals surface area contributed by atoms with Gasteiger partial charge >= 0.3 is 0 Å². The van der Waals surface area contributed by atoms with Crippen LogP contribution in [0.25, 0.3) is 0 Å². The highest BCUT2D eigenvalue weighted by molar-refractivity contribution is 7.92. The fourth-order valence-corrected chi connectivity index (χ4v) is 3.89. The average molecular weight is 424 g/mol. The van der Waals surface area contributed by atoms with Gasteiger partial charge in [-0.25, -0.2) is 8.42 Å². The van der Waals surface area contributed by atoms with Crippen LogP contribution in [-0.2, 0) is 10.0 Å². The van der Waals surface area contributed by atoms with Gasteiger partial charge < -0.3 is 9.47 Å². The fraction of sp³-hybridized carbons (Fsp3) is 0.0526. The normalized spacial score (nSPS) is 11.1. The van der Waals surface area contributed by atoms with E-state index in [4.69, 9.17) is 32.7 Å². The zero-order valence-corrected chi connectivity index (χ0v) is 16.5. The molecule has 0 atom stereocenters. The van der Waals surface area contributed by atoms with E-state index in [1.165, 1.54) is 31.4 Å². The number of sulfonamides is 1.